The molecule has 0 amide bonds. The van der Waals surface area contributed by atoms with Crippen LogP contribution in [0.25, 0.3) is 0 Å². The fourth-order valence-electron chi connectivity index (χ4n) is 1.05. The van der Waals surface area contributed by atoms with Crippen molar-refractivity contribution in [1.82, 2.24) is 5.32 Å². The van der Waals surface area contributed by atoms with Crippen LogP contribution >= 0.6 is 0 Å². The standard InChI is InChI=1S/C11H18N2O/c12-6-7-13-8-9-14-10-11-4-2-1-3-5-11/h1-5,13H,6-10,12H2/i7D2. The Labute approximate surface area is 88.1 Å². The van der Waals surface area contributed by atoms with Gasteiger partial charge in [0.1, 0.15) is 0 Å². The number of rotatable bonds is 7. The molecule has 0 radical (unpaired) electrons. The largest absolute Gasteiger partial charge is 0.375 e. The van der Waals surface area contributed by atoms with Crippen LogP contribution in [0.5, 0.6) is 0 Å². The molecule has 0 bridgehead atoms. The summed E-state index contributed by atoms with van der Waals surface area (Å²) in [4.78, 5) is 0. The van der Waals surface area contributed by atoms with E-state index in [0.29, 0.717) is 19.8 Å². The van der Waals surface area contributed by atoms with E-state index in [0.717, 1.165) is 5.56 Å². The molecule has 0 saturated carbocycles. The Kier molecular flexibility index (Phi) is 4.51. The van der Waals surface area contributed by atoms with E-state index in [-0.39, 0.29) is 6.54 Å². The second kappa shape index (κ2) is 7.50. The highest BCUT2D eigenvalue weighted by atomic mass is 16.5. The average Bonchev–Trinajstić information content (AvgIpc) is 2.30. The minimum absolute atomic E-state index is 0.0360. The number of nitrogens with two attached hydrogens (primary N) is 1. The Morgan fingerprint density at radius 1 is 1.36 bits per heavy atom. The molecule has 0 heterocycles. The zero-order chi connectivity index (χ0) is 11.9. The average molecular weight is 196 g/mol. The van der Waals surface area contributed by atoms with E-state index in [4.69, 9.17) is 13.2 Å². The molecule has 0 aliphatic carbocycles. The van der Waals surface area contributed by atoms with Gasteiger partial charge in [0, 0.05) is 22.3 Å². The van der Waals surface area contributed by atoms with Crippen molar-refractivity contribution in [2.75, 3.05) is 26.2 Å². The number of hydrogen-bond donors (Lipinski definition) is 2. The highest BCUT2D eigenvalue weighted by Crippen LogP contribution is 1.99. The SMILES string of the molecule is [2H]C([2H])(CN)NCCOCc1ccccc1. The molecule has 14 heavy (non-hydrogen) atoms. The van der Waals surface area contributed by atoms with Crippen LogP contribution in [0.4, 0.5) is 0 Å². The third kappa shape index (κ3) is 4.97. The van der Waals surface area contributed by atoms with E-state index >= 15 is 0 Å². The van der Waals surface area contributed by atoms with E-state index in [2.05, 4.69) is 5.32 Å². The summed E-state index contributed by atoms with van der Waals surface area (Å²) < 4.78 is 20.1. The van der Waals surface area contributed by atoms with Crippen LogP contribution in [-0.4, -0.2) is 26.2 Å². The molecule has 1 aromatic carbocycles. The molecule has 0 unspecified atom stereocenters. The predicted molar refractivity (Wildman–Crippen MR) is 58.0 cm³/mol. The Bertz CT molecular complexity index is 293. The van der Waals surface area contributed by atoms with Crippen molar-refractivity contribution < 1.29 is 7.48 Å². The monoisotopic (exact) mass is 196 g/mol. The van der Waals surface area contributed by atoms with Crippen LogP contribution in [-0.2, 0) is 11.3 Å². The maximum atomic E-state index is 7.35. The Morgan fingerprint density at radius 2 is 2.14 bits per heavy atom. The molecule has 1 rings (SSSR count). The van der Waals surface area contributed by atoms with Gasteiger partial charge in [0.05, 0.1) is 13.2 Å². The summed E-state index contributed by atoms with van der Waals surface area (Å²) >= 11 is 0. The summed E-state index contributed by atoms with van der Waals surface area (Å²) in [5.41, 5.74) is 6.35. The van der Waals surface area contributed by atoms with Crippen LogP contribution in [0.1, 0.15) is 8.30 Å². The number of benzene rings is 1. The lowest BCUT2D eigenvalue weighted by Gasteiger charge is -2.04. The van der Waals surface area contributed by atoms with Gasteiger partial charge in [-0.2, -0.15) is 0 Å². The lowest BCUT2D eigenvalue weighted by atomic mass is 10.2. The fraction of sp³-hybridized carbons (Fsp3) is 0.455. The van der Waals surface area contributed by atoms with Gasteiger partial charge in [-0.05, 0) is 5.56 Å². The van der Waals surface area contributed by atoms with Crippen molar-refractivity contribution in [3.63, 3.8) is 0 Å². The summed E-state index contributed by atoms with van der Waals surface area (Å²) in [5, 5.41) is 2.68. The second-order valence-electron chi connectivity index (χ2n) is 2.85. The van der Waals surface area contributed by atoms with E-state index in [1.165, 1.54) is 0 Å². The van der Waals surface area contributed by atoms with Crippen LogP contribution in [0, 0.1) is 0 Å². The summed E-state index contributed by atoms with van der Waals surface area (Å²) in [6.07, 6.45) is 0. The first-order chi connectivity index (χ1) is 7.64. The summed E-state index contributed by atoms with van der Waals surface area (Å²) in [6.45, 7) is -0.0681. The lowest BCUT2D eigenvalue weighted by molar-refractivity contribution is 0.123. The maximum Gasteiger partial charge on any atom is 0.0717 e. The van der Waals surface area contributed by atoms with Crippen LogP contribution in [0.15, 0.2) is 30.3 Å². The minimum Gasteiger partial charge on any atom is -0.375 e. The van der Waals surface area contributed by atoms with E-state index in [1.807, 2.05) is 30.3 Å². The molecule has 0 aromatic heterocycles. The highest BCUT2D eigenvalue weighted by molar-refractivity contribution is 5.13. The Hall–Kier alpha value is -0.900. The molecule has 0 atom stereocenters. The van der Waals surface area contributed by atoms with Gasteiger partial charge in [-0.3, -0.25) is 0 Å². The van der Waals surface area contributed by atoms with Crippen molar-refractivity contribution >= 4 is 0 Å². The molecular formula is C11H18N2O. The van der Waals surface area contributed by atoms with Gasteiger partial charge in [-0.15, -0.1) is 0 Å². The normalized spacial score (nSPS) is 13.5. The number of hydrogen-bond acceptors (Lipinski definition) is 3. The van der Waals surface area contributed by atoms with Gasteiger partial charge in [-0.25, -0.2) is 0 Å². The zero-order valence-corrected chi connectivity index (χ0v) is 8.20. The van der Waals surface area contributed by atoms with Crippen molar-refractivity contribution in [3.05, 3.63) is 35.9 Å². The third-order valence-corrected chi connectivity index (χ3v) is 1.71. The Morgan fingerprint density at radius 3 is 2.86 bits per heavy atom. The van der Waals surface area contributed by atoms with E-state index in [9.17, 15) is 0 Å². The van der Waals surface area contributed by atoms with E-state index < -0.39 is 6.50 Å². The molecule has 0 spiro atoms. The minimum atomic E-state index is -1.50. The fourth-order valence-corrected chi connectivity index (χ4v) is 1.05. The zero-order valence-electron chi connectivity index (χ0n) is 10.2. The summed E-state index contributed by atoms with van der Waals surface area (Å²) in [7, 11) is 0. The van der Waals surface area contributed by atoms with Crippen molar-refractivity contribution in [2.45, 2.75) is 6.61 Å². The third-order valence-electron chi connectivity index (χ3n) is 1.71. The van der Waals surface area contributed by atoms with Crippen molar-refractivity contribution in [3.8, 4) is 0 Å². The smallest absolute Gasteiger partial charge is 0.0717 e. The van der Waals surface area contributed by atoms with Gasteiger partial charge in [0.2, 0.25) is 0 Å². The topological polar surface area (TPSA) is 47.3 Å². The molecular weight excluding hydrogens is 176 g/mol. The first-order valence-electron chi connectivity index (χ1n) is 5.71. The molecule has 78 valence electrons. The highest BCUT2D eigenvalue weighted by Gasteiger charge is 1.90. The van der Waals surface area contributed by atoms with Gasteiger partial charge >= 0.3 is 0 Å². The van der Waals surface area contributed by atoms with E-state index in [1.54, 1.807) is 0 Å². The first-order valence-corrected chi connectivity index (χ1v) is 4.71. The maximum absolute atomic E-state index is 7.35. The van der Waals surface area contributed by atoms with Gasteiger partial charge < -0.3 is 15.8 Å². The summed E-state index contributed by atoms with van der Waals surface area (Å²) in [6, 6.07) is 9.87. The van der Waals surface area contributed by atoms with Gasteiger partial charge in [0.15, 0.2) is 0 Å². The number of nitrogens with one attached hydrogen (secondary N) is 1. The molecule has 1 aromatic rings. The second-order valence-corrected chi connectivity index (χ2v) is 2.85. The first kappa shape index (κ1) is 8.41. The lowest BCUT2D eigenvalue weighted by Crippen LogP contribution is -2.25. The molecule has 0 aliphatic heterocycles. The van der Waals surface area contributed by atoms with Gasteiger partial charge in [0.25, 0.3) is 0 Å². The van der Waals surface area contributed by atoms with Crippen molar-refractivity contribution in [2.24, 2.45) is 5.73 Å². The molecule has 0 fully saturated rings. The summed E-state index contributed by atoms with van der Waals surface area (Å²) in [5.74, 6) is 0. The Balaban J connectivity index is 2.09. The number of ether oxygens (including phenoxy) is 1. The molecule has 3 nitrogen and oxygen atoms in total. The van der Waals surface area contributed by atoms with Crippen LogP contribution in [0.2, 0.25) is 0 Å². The molecule has 3 N–H and O–H groups in total. The molecule has 3 heteroatoms. The van der Waals surface area contributed by atoms with Crippen LogP contribution < -0.4 is 11.1 Å². The van der Waals surface area contributed by atoms with Crippen molar-refractivity contribution in [1.29, 1.82) is 0 Å². The molecule has 0 saturated heterocycles. The van der Waals surface area contributed by atoms with Crippen LogP contribution in [0.3, 0.4) is 0 Å². The predicted octanol–water partition coefficient (Wildman–Crippen LogP) is 0.751. The quantitative estimate of drug-likeness (QED) is 0.633. The van der Waals surface area contributed by atoms with Gasteiger partial charge in [-0.1, -0.05) is 30.3 Å². The molecule has 0 aliphatic rings.